The zero-order chi connectivity index (χ0) is 18.8. The molecule has 2 spiro atoms. The van der Waals surface area contributed by atoms with Crippen molar-refractivity contribution >= 4 is 11.7 Å². The van der Waals surface area contributed by atoms with Gasteiger partial charge < -0.3 is 23.8 Å². The van der Waals surface area contributed by atoms with E-state index in [-0.39, 0.29) is 11.7 Å². The molecular formula is C20H23NO6. The van der Waals surface area contributed by atoms with Crippen molar-refractivity contribution in [1.29, 1.82) is 0 Å². The molecule has 1 aliphatic carbocycles. The largest absolute Gasteiger partial charge is 0.493 e. The number of carbonyl (C=O) groups excluding carboxylic acids is 2. The lowest BCUT2D eigenvalue weighted by Gasteiger charge is -2.51. The minimum absolute atomic E-state index is 0.323. The Morgan fingerprint density at radius 2 is 1.78 bits per heavy atom. The van der Waals surface area contributed by atoms with Crippen LogP contribution in [0.15, 0.2) is 12.1 Å². The fourth-order valence-corrected chi connectivity index (χ4v) is 5.52. The number of nitrogens with zero attached hydrogens (tertiary/aromatic N) is 1. The first kappa shape index (κ1) is 17.0. The molecule has 0 unspecified atom stereocenters. The SMILES string of the molecule is COc1cc2c(cc1OC)[C@@]13CCC4(C[C@@H]1C(=O)C(=O)N3CC2)OCCO4. The molecule has 144 valence electrons. The maximum Gasteiger partial charge on any atom is 0.291 e. The predicted octanol–water partition coefficient (Wildman–Crippen LogP) is 1.41. The average Bonchev–Trinajstić information content (AvgIpc) is 3.23. The summed E-state index contributed by atoms with van der Waals surface area (Å²) in [7, 11) is 3.21. The molecule has 2 saturated heterocycles. The summed E-state index contributed by atoms with van der Waals surface area (Å²) in [6.45, 7) is 1.61. The van der Waals surface area contributed by atoms with Crippen molar-refractivity contribution in [2.45, 2.75) is 37.0 Å². The first-order valence-corrected chi connectivity index (χ1v) is 9.44. The molecule has 27 heavy (non-hydrogen) atoms. The summed E-state index contributed by atoms with van der Waals surface area (Å²) in [6.07, 6.45) is 2.41. The highest BCUT2D eigenvalue weighted by atomic mass is 16.7. The summed E-state index contributed by atoms with van der Waals surface area (Å²) >= 11 is 0. The zero-order valence-electron chi connectivity index (χ0n) is 15.6. The van der Waals surface area contributed by atoms with Gasteiger partial charge in [0.1, 0.15) is 0 Å². The van der Waals surface area contributed by atoms with E-state index in [9.17, 15) is 9.59 Å². The van der Waals surface area contributed by atoms with Crippen LogP contribution >= 0.6 is 0 Å². The van der Waals surface area contributed by atoms with E-state index in [0.717, 1.165) is 11.1 Å². The number of carbonyl (C=O) groups is 2. The minimum Gasteiger partial charge on any atom is -0.493 e. The molecule has 7 nitrogen and oxygen atoms in total. The van der Waals surface area contributed by atoms with Crippen molar-refractivity contribution < 1.29 is 28.5 Å². The van der Waals surface area contributed by atoms with Crippen molar-refractivity contribution in [3.05, 3.63) is 23.3 Å². The molecule has 0 bridgehead atoms. The lowest BCUT2D eigenvalue weighted by atomic mass is 9.64. The van der Waals surface area contributed by atoms with E-state index >= 15 is 0 Å². The van der Waals surface area contributed by atoms with Gasteiger partial charge in [-0.15, -0.1) is 0 Å². The molecular weight excluding hydrogens is 350 g/mol. The van der Waals surface area contributed by atoms with Crippen LogP contribution in [0.2, 0.25) is 0 Å². The second-order valence-corrected chi connectivity index (χ2v) is 7.72. The first-order valence-electron chi connectivity index (χ1n) is 9.44. The van der Waals surface area contributed by atoms with E-state index in [1.807, 2.05) is 12.1 Å². The Bertz CT molecular complexity index is 830. The van der Waals surface area contributed by atoms with Crippen LogP contribution in [-0.2, 0) is 31.0 Å². The number of hydrogen-bond acceptors (Lipinski definition) is 6. The van der Waals surface area contributed by atoms with Gasteiger partial charge in [0.2, 0.25) is 5.78 Å². The second-order valence-electron chi connectivity index (χ2n) is 7.72. The van der Waals surface area contributed by atoms with E-state index in [1.165, 1.54) is 0 Å². The van der Waals surface area contributed by atoms with Gasteiger partial charge >= 0.3 is 0 Å². The monoisotopic (exact) mass is 373 g/mol. The van der Waals surface area contributed by atoms with Gasteiger partial charge in [-0.1, -0.05) is 0 Å². The Morgan fingerprint density at radius 1 is 1.07 bits per heavy atom. The summed E-state index contributed by atoms with van der Waals surface area (Å²) < 4.78 is 22.7. The Hall–Kier alpha value is -2.12. The number of methoxy groups -OCH3 is 2. The van der Waals surface area contributed by atoms with Crippen molar-refractivity contribution in [2.75, 3.05) is 34.0 Å². The van der Waals surface area contributed by atoms with Gasteiger partial charge in [-0.2, -0.15) is 0 Å². The van der Waals surface area contributed by atoms with Crippen LogP contribution in [0.5, 0.6) is 11.5 Å². The number of rotatable bonds is 2. The molecule has 1 aromatic rings. The third-order valence-corrected chi connectivity index (χ3v) is 6.73. The number of hydrogen-bond donors (Lipinski definition) is 0. The molecule has 3 heterocycles. The molecule has 3 fully saturated rings. The van der Waals surface area contributed by atoms with E-state index in [0.29, 0.717) is 56.9 Å². The van der Waals surface area contributed by atoms with Gasteiger partial charge in [0.25, 0.3) is 5.91 Å². The normalized spacial score (nSPS) is 30.9. The highest BCUT2D eigenvalue weighted by molar-refractivity contribution is 6.39. The van der Waals surface area contributed by atoms with Crippen molar-refractivity contribution in [2.24, 2.45) is 5.92 Å². The van der Waals surface area contributed by atoms with Crippen molar-refractivity contribution in [1.82, 2.24) is 4.90 Å². The number of ketones is 1. The Kier molecular flexibility index (Phi) is 3.58. The van der Waals surface area contributed by atoms with E-state index in [2.05, 4.69) is 0 Å². The Balaban J connectivity index is 1.67. The maximum absolute atomic E-state index is 13.0. The molecule has 1 amide bonds. The van der Waals surface area contributed by atoms with Gasteiger partial charge in [-0.3, -0.25) is 9.59 Å². The second kappa shape index (κ2) is 5.69. The van der Waals surface area contributed by atoms with Crippen LogP contribution in [0.3, 0.4) is 0 Å². The lowest BCUT2D eigenvalue weighted by Crippen LogP contribution is -2.56. The van der Waals surface area contributed by atoms with Crippen LogP contribution in [0.4, 0.5) is 0 Å². The van der Waals surface area contributed by atoms with Gasteiger partial charge in [0.15, 0.2) is 17.3 Å². The predicted molar refractivity (Wildman–Crippen MR) is 93.6 cm³/mol. The fraction of sp³-hybridized carbons (Fsp3) is 0.600. The summed E-state index contributed by atoms with van der Waals surface area (Å²) in [4.78, 5) is 27.6. The lowest BCUT2D eigenvalue weighted by molar-refractivity contribution is -0.205. The van der Waals surface area contributed by atoms with Crippen molar-refractivity contribution in [3.8, 4) is 11.5 Å². The van der Waals surface area contributed by atoms with Crippen LogP contribution in [0.1, 0.15) is 30.4 Å². The zero-order valence-corrected chi connectivity index (χ0v) is 15.6. The quantitative estimate of drug-likeness (QED) is 0.730. The maximum atomic E-state index is 13.0. The minimum atomic E-state index is -0.726. The number of amides is 1. The Morgan fingerprint density at radius 3 is 2.48 bits per heavy atom. The molecule has 0 radical (unpaired) electrons. The molecule has 1 saturated carbocycles. The number of fused-ring (bicyclic) bond motifs is 1. The summed E-state index contributed by atoms with van der Waals surface area (Å²) in [5.74, 6) is -0.606. The first-order chi connectivity index (χ1) is 13.0. The third-order valence-electron chi connectivity index (χ3n) is 6.73. The number of benzene rings is 1. The van der Waals surface area contributed by atoms with Gasteiger partial charge in [0.05, 0.1) is 38.9 Å². The molecule has 5 rings (SSSR count). The molecule has 2 atom stereocenters. The average molecular weight is 373 g/mol. The Labute approximate surface area is 157 Å². The molecule has 3 aliphatic heterocycles. The van der Waals surface area contributed by atoms with E-state index in [1.54, 1.807) is 19.1 Å². The van der Waals surface area contributed by atoms with Gasteiger partial charge in [-0.25, -0.2) is 0 Å². The molecule has 4 aliphatic rings. The standard InChI is InChI=1S/C20H23NO6/c1-24-15-9-12-3-6-21-18(23)17(22)14-11-19(26-7-8-27-19)4-5-20(14,21)13(12)10-16(15)25-2/h9-10,14H,3-8,11H2,1-2H3/t14-,20+/m1/s1. The van der Waals surface area contributed by atoms with Crippen LogP contribution in [-0.4, -0.2) is 56.4 Å². The van der Waals surface area contributed by atoms with Gasteiger partial charge in [-0.05, 0) is 36.1 Å². The number of Topliss-reactive ketones (excluding diaryl/α,β-unsaturated/α-hetero) is 1. The fourth-order valence-electron chi connectivity index (χ4n) is 5.52. The van der Waals surface area contributed by atoms with Crippen LogP contribution in [0.25, 0.3) is 0 Å². The molecule has 0 aromatic heterocycles. The summed E-state index contributed by atoms with van der Waals surface area (Å²) in [5, 5.41) is 0. The van der Waals surface area contributed by atoms with Gasteiger partial charge in [0, 0.05) is 19.4 Å². The molecule has 1 aromatic carbocycles. The third kappa shape index (κ3) is 2.09. The van der Waals surface area contributed by atoms with Crippen molar-refractivity contribution in [3.63, 3.8) is 0 Å². The molecule has 7 heteroatoms. The number of ether oxygens (including phenoxy) is 4. The summed E-state index contributed by atoms with van der Waals surface area (Å²) in [6, 6.07) is 3.94. The van der Waals surface area contributed by atoms with E-state index < -0.39 is 17.2 Å². The highest BCUT2D eigenvalue weighted by Crippen LogP contribution is 2.58. The van der Waals surface area contributed by atoms with Crippen LogP contribution < -0.4 is 9.47 Å². The molecule has 0 N–H and O–H groups in total. The van der Waals surface area contributed by atoms with Crippen LogP contribution in [0, 0.1) is 5.92 Å². The smallest absolute Gasteiger partial charge is 0.291 e. The highest BCUT2D eigenvalue weighted by Gasteiger charge is 2.66. The van der Waals surface area contributed by atoms with E-state index in [4.69, 9.17) is 18.9 Å². The summed E-state index contributed by atoms with van der Waals surface area (Å²) in [5.41, 5.74) is 1.48. The topological polar surface area (TPSA) is 74.3 Å².